The third-order valence-corrected chi connectivity index (χ3v) is 3.90. The van der Waals surface area contributed by atoms with Gasteiger partial charge in [0, 0.05) is 0 Å². The Bertz CT molecular complexity index is 768. The van der Waals surface area contributed by atoms with E-state index in [1.807, 2.05) is 30.3 Å². The molecule has 1 nitrogen and oxygen atoms in total. The number of hydrogen-bond acceptors (Lipinski definition) is 1. The van der Waals surface area contributed by atoms with Crippen LogP contribution in [0.2, 0.25) is 0 Å². The summed E-state index contributed by atoms with van der Waals surface area (Å²) in [5.74, 6) is -0.0465. The van der Waals surface area contributed by atoms with Gasteiger partial charge in [-0.05, 0) is 40.8 Å². The van der Waals surface area contributed by atoms with Crippen molar-refractivity contribution in [2.24, 2.45) is 0 Å². The molecule has 3 aromatic carbocycles. The van der Waals surface area contributed by atoms with E-state index in [9.17, 15) is 5.26 Å². The molecule has 1 heteroatoms. The molecule has 0 heterocycles. The average molecular weight is 271 g/mol. The van der Waals surface area contributed by atoms with E-state index >= 15 is 0 Å². The molecule has 0 saturated heterocycles. The molecule has 0 spiro atoms. The van der Waals surface area contributed by atoms with Crippen molar-refractivity contribution in [3.8, 4) is 6.07 Å². The van der Waals surface area contributed by atoms with Crippen LogP contribution in [0.15, 0.2) is 72.8 Å². The van der Waals surface area contributed by atoms with Crippen LogP contribution in [0.25, 0.3) is 10.8 Å². The van der Waals surface area contributed by atoms with Gasteiger partial charge in [-0.25, -0.2) is 0 Å². The maximum atomic E-state index is 9.48. The summed E-state index contributed by atoms with van der Waals surface area (Å²) >= 11 is 0. The average Bonchev–Trinajstić information content (AvgIpc) is 2.56. The van der Waals surface area contributed by atoms with Crippen LogP contribution in [0, 0.1) is 11.3 Å². The van der Waals surface area contributed by atoms with Crippen molar-refractivity contribution in [3.05, 3.63) is 83.9 Å². The van der Waals surface area contributed by atoms with Crippen LogP contribution in [0.4, 0.5) is 0 Å². The molecular weight excluding hydrogens is 254 g/mol. The minimum atomic E-state index is -0.0465. The van der Waals surface area contributed by atoms with Crippen LogP contribution in [-0.2, 0) is 6.42 Å². The first kappa shape index (κ1) is 13.4. The fraction of sp³-hybridized carbons (Fsp3) is 0.150. The van der Waals surface area contributed by atoms with E-state index in [0.717, 1.165) is 18.4 Å². The van der Waals surface area contributed by atoms with Crippen molar-refractivity contribution in [2.75, 3.05) is 0 Å². The molecule has 0 aromatic heterocycles. The van der Waals surface area contributed by atoms with Crippen molar-refractivity contribution >= 4 is 10.8 Å². The predicted molar refractivity (Wildman–Crippen MR) is 87.1 cm³/mol. The quantitative estimate of drug-likeness (QED) is 0.649. The molecule has 0 bridgehead atoms. The molecule has 0 saturated carbocycles. The van der Waals surface area contributed by atoms with Crippen LogP contribution in [0.3, 0.4) is 0 Å². The Balaban J connectivity index is 1.80. The molecule has 0 aliphatic rings. The van der Waals surface area contributed by atoms with Gasteiger partial charge in [-0.1, -0.05) is 66.7 Å². The van der Waals surface area contributed by atoms with Gasteiger partial charge in [0.25, 0.3) is 0 Å². The highest BCUT2D eigenvalue weighted by atomic mass is 14.3. The van der Waals surface area contributed by atoms with E-state index in [1.165, 1.54) is 16.3 Å². The van der Waals surface area contributed by atoms with Gasteiger partial charge in [0.05, 0.1) is 12.0 Å². The van der Waals surface area contributed by atoms with E-state index in [2.05, 4.69) is 48.5 Å². The van der Waals surface area contributed by atoms with Crippen molar-refractivity contribution in [1.29, 1.82) is 5.26 Å². The number of aryl methyl sites for hydroxylation is 1. The SMILES string of the molecule is N#CC(CCc1ccccc1)c1ccc2ccccc2c1. The summed E-state index contributed by atoms with van der Waals surface area (Å²) in [4.78, 5) is 0. The van der Waals surface area contributed by atoms with Crippen molar-refractivity contribution < 1.29 is 0 Å². The van der Waals surface area contributed by atoms with Crippen molar-refractivity contribution in [1.82, 2.24) is 0 Å². The summed E-state index contributed by atoms with van der Waals surface area (Å²) in [6, 6.07) is 27.4. The van der Waals surface area contributed by atoms with Crippen LogP contribution in [0.5, 0.6) is 0 Å². The van der Waals surface area contributed by atoms with Gasteiger partial charge in [-0.2, -0.15) is 5.26 Å². The Morgan fingerprint density at radius 1 is 0.810 bits per heavy atom. The van der Waals surface area contributed by atoms with Crippen molar-refractivity contribution in [3.63, 3.8) is 0 Å². The second-order valence-corrected chi connectivity index (χ2v) is 5.31. The molecule has 0 amide bonds. The lowest BCUT2D eigenvalue weighted by Gasteiger charge is -2.10. The molecule has 0 N–H and O–H groups in total. The summed E-state index contributed by atoms with van der Waals surface area (Å²) < 4.78 is 0. The second kappa shape index (κ2) is 6.24. The van der Waals surface area contributed by atoms with Crippen LogP contribution < -0.4 is 0 Å². The summed E-state index contributed by atoms with van der Waals surface area (Å²) in [6.45, 7) is 0. The molecule has 102 valence electrons. The number of benzene rings is 3. The summed E-state index contributed by atoms with van der Waals surface area (Å²) in [5.41, 5.74) is 2.41. The Morgan fingerprint density at radius 2 is 1.52 bits per heavy atom. The number of fused-ring (bicyclic) bond motifs is 1. The van der Waals surface area contributed by atoms with Gasteiger partial charge in [-0.3, -0.25) is 0 Å². The van der Waals surface area contributed by atoms with E-state index in [1.54, 1.807) is 0 Å². The zero-order valence-corrected chi connectivity index (χ0v) is 11.9. The van der Waals surface area contributed by atoms with Crippen LogP contribution >= 0.6 is 0 Å². The third kappa shape index (κ3) is 3.12. The van der Waals surface area contributed by atoms with Gasteiger partial charge < -0.3 is 0 Å². The van der Waals surface area contributed by atoms with Gasteiger partial charge >= 0.3 is 0 Å². The zero-order chi connectivity index (χ0) is 14.5. The minimum Gasteiger partial charge on any atom is -0.198 e. The molecule has 3 aromatic rings. The standard InChI is InChI=1S/C20H17N/c21-15-20(11-10-16-6-2-1-3-7-16)19-13-12-17-8-4-5-9-18(17)14-19/h1-9,12-14,20H,10-11H2. The molecule has 3 rings (SSSR count). The highest BCUT2D eigenvalue weighted by Crippen LogP contribution is 2.25. The van der Waals surface area contributed by atoms with E-state index < -0.39 is 0 Å². The predicted octanol–water partition coefficient (Wildman–Crippen LogP) is 5.08. The van der Waals surface area contributed by atoms with E-state index in [0.29, 0.717) is 0 Å². The van der Waals surface area contributed by atoms with E-state index in [4.69, 9.17) is 0 Å². The number of rotatable bonds is 4. The normalized spacial score (nSPS) is 12.0. The highest BCUT2D eigenvalue weighted by molar-refractivity contribution is 5.83. The smallest absolute Gasteiger partial charge is 0.0716 e. The highest BCUT2D eigenvalue weighted by Gasteiger charge is 2.11. The lowest BCUT2D eigenvalue weighted by Crippen LogP contribution is -1.98. The Morgan fingerprint density at radius 3 is 2.29 bits per heavy atom. The Labute approximate surface area is 125 Å². The maximum absolute atomic E-state index is 9.48. The summed E-state index contributed by atoms with van der Waals surface area (Å²) in [5, 5.41) is 11.9. The first-order valence-corrected chi connectivity index (χ1v) is 7.29. The van der Waals surface area contributed by atoms with Crippen molar-refractivity contribution in [2.45, 2.75) is 18.8 Å². The van der Waals surface area contributed by atoms with Gasteiger partial charge in [0.2, 0.25) is 0 Å². The molecule has 0 aliphatic heterocycles. The van der Waals surface area contributed by atoms with E-state index in [-0.39, 0.29) is 5.92 Å². The summed E-state index contributed by atoms with van der Waals surface area (Å²) in [6.07, 6.45) is 1.80. The number of nitrogens with zero attached hydrogens (tertiary/aromatic N) is 1. The van der Waals surface area contributed by atoms with Crippen LogP contribution in [-0.4, -0.2) is 0 Å². The molecule has 0 radical (unpaired) electrons. The molecular formula is C20H17N. The minimum absolute atomic E-state index is 0.0465. The summed E-state index contributed by atoms with van der Waals surface area (Å²) in [7, 11) is 0. The van der Waals surface area contributed by atoms with Crippen LogP contribution in [0.1, 0.15) is 23.5 Å². The number of nitriles is 1. The fourth-order valence-electron chi connectivity index (χ4n) is 2.69. The van der Waals surface area contributed by atoms with Gasteiger partial charge in [0.15, 0.2) is 0 Å². The Kier molecular flexibility index (Phi) is 3.98. The first-order chi connectivity index (χ1) is 10.4. The zero-order valence-electron chi connectivity index (χ0n) is 11.9. The van der Waals surface area contributed by atoms with Gasteiger partial charge in [0.1, 0.15) is 0 Å². The fourth-order valence-corrected chi connectivity index (χ4v) is 2.69. The first-order valence-electron chi connectivity index (χ1n) is 7.29. The largest absolute Gasteiger partial charge is 0.198 e. The molecule has 0 aliphatic carbocycles. The lowest BCUT2D eigenvalue weighted by atomic mass is 9.92. The van der Waals surface area contributed by atoms with Gasteiger partial charge in [-0.15, -0.1) is 0 Å². The topological polar surface area (TPSA) is 23.8 Å². The Hall–Kier alpha value is -2.59. The monoisotopic (exact) mass is 271 g/mol. The number of hydrogen-bond donors (Lipinski definition) is 0. The molecule has 1 atom stereocenters. The second-order valence-electron chi connectivity index (χ2n) is 5.31. The molecule has 1 unspecified atom stereocenters. The maximum Gasteiger partial charge on any atom is 0.0716 e. The lowest BCUT2D eigenvalue weighted by molar-refractivity contribution is 0.747. The molecule has 0 fully saturated rings. The molecule has 21 heavy (non-hydrogen) atoms. The third-order valence-electron chi connectivity index (χ3n) is 3.90.